The van der Waals surface area contributed by atoms with Gasteiger partial charge in [-0.15, -0.1) is 0 Å². The van der Waals surface area contributed by atoms with E-state index in [1.807, 2.05) is 0 Å². The standard InChI is InChI=1S/C10H16N4O4S/c1-19(18)5-3-12-10(17)11-2-4-14-6-8(9(15)16)13-7-14/h6-7H,2-5H2,1H3,(H,15,16)(H2,11,12,17). The molecule has 0 fully saturated rings. The molecule has 0 saturated heterocycles. The predicted molar refractivity (Wildman–Crippen MR) is 69.5 cm³/mol. The van der Waals surface area contributed by atoms with Crippen LogP contribution in [-0.4, -0.2) is 56.0 Å². The lowest BCUT2D eigenvalue weighted by Crippen LogP contribution is -2.38. The number of carbonyl (C=O) groups is 2. The van der Waals surface area contributed by atoms with Crippen LogP contribution in [0.3, 0.4) is 0 Å². The first-order valence-electron chi connectivity index (χ1n) is 5.56. The monoisotopic (exact) mass is 288 g/mol. The summed E-state index contributed by atoms with van der Waals surface area (Å²) in [5.41, 5.74) is -0.0325. The van der Waals surface area contributed by atoms with Gasteiger partial charge in [0, 0.05) is 48.6 Å². The molecule has 19 heavy (non-hydrogen) atoms. The van der Waals surface area contributed by atoms with Crippen molar-refractivity contribution in [3.05, 3.63) is 18.2 Å². The van der Waals surface area contributed by atoms with Gasteiger partial charge >= 0.3 is 12.0 Å². The third-order valence-corrected chi connectivity index (χ3v) is 2.96. The van der Waals surface area contributed by atoms with Gasteiger partial charge in [-0.05, 0) is 0 Å². The highest BCUT2D eigenvalue weighted by molar-refractivity contribution is 7.84. The summed E-state index contributed by atoms with van der Waals surface area (Å²) in [6.07, 6.45) is 4.35. The summed E-state index contributed by atoms with van der Waals surface area (Å²) in [5, 5.41) is 13.8. The zero-order valence-corrected chi connectivity index (χ0v) is 11.3. The van der Waals surface area contributed by atoms with Gasteiger partial charge in [0.05, 0.1) is 6.33 Å². The van der Waals surface area contributed by atoms with E-state index in [2.05, 4.69) is 15.6 Å². The second-order valence-corrected chi connectivity index (χ2v) is 5.32. The Bertz CT molecular complexity index is 474. The molecule has 1 aromatic heterocycles. The first-order valence-corrected chi connectivity index (χ1v) is 7.28. The van der Waals surface area contributed by atoms with Crippen LogP contribution >= 0.6 is 0 Å². The van der Waals surface area contributed by atoms with Crippen molar-refractivity contribution in [2.75, 3.05) is 25.1 Å². The molecule has 0 aliphatic heterocycles. The Labute approximate surface area is 112 Å². The van der Waals surface area contributed by atoms with Gasteiger partial charge in [-0.2, -0.15) is 0 Å². The molecule has 0 radical (unpaired) electrons. The van der Waals surface area contributed by atoms with E-state index >= 15 is 0 Å². The molecule has 0 aromatic carbocycles. The largest absolute Gasteiger partial charge is 0.476 e. The molecule has 1 rings (SSSR count). The van der Waals surface area contributed by atoms with Crippen molar-refractivity contribution in [2.45, 2.75) is 6.54 Å². The summed E-state index contributed by atoms with van der Waals surface area (Å²) >= 11 is 0. The van der Waals surface area contributed by atoms with Crippen LogP contribution in [0.15, 0.2) is 12.5 Å². The Balaban J connectivity index is 2.20. The number of aromatic nitrogens is 2. The molecular weight excluding hydrogens is 272 g/mol. The molecule has 2 amide bonds. The molecule has 1 aromatic rings. The number of aromatic carboxylic acids is 1. The lowest BCUT2D eigenvalue weighted by Gasteiger charge is -2.07. The predicted octanol–water partition coefficient (Wildman–Crippen LogP) is -0.741. The van der Waals surface area contributed by atoms with Crippen molar-refractivity contribution in [1.29, 1.82) is 0 Å². The Morgan fingerprint density at radius 3 is 2.68 bits per heavy atom. The van der Waals surface area contributed by atoms with Gasteiger partial charge < -0.3 is 20.3 Å². The van der Waals surface area contributed by atoms with E-state index < -0.39 is 16.8 Å². The molecule has 0 spiro atoms. The molecule has 3 N–H and O–H groups in total. The van der Waals surface area contributed by atoms with Crippen LogP contribution in [-0.2, 0) is 17.3 Å². The zero-order chi connectivity index (χ0) is 14.3. The number of nitrogens with one attached hydrogen (secondary N) is 2. The number of carboxylic acids is 1. The van der Waals surface area contributed by atoms with Crippen LogP contribution in [0.25, 0.3) is 0 Å². The summed E-state index contributed by atoms with van der Waals surface area (Å²) < 4.78 is 12.3. The van der Waals surface area contributed by atoms with E-state index in [4.69, 9.17) is 5.11 Å². The molecule has 1 heterocycles. The van der Waals surface area contributed by atoms with Gasteiger partial charge in [0.25, 0.3) is 0 Å². The molecule has 8 nitrogen and oxygen atoms in total. The van der Waals surface area contributed by atoms with Crippen LogP contribution < -0.4 is 10.6 Å². The van der Waals surface area contributed by atoms with Crippen molar-refractivity contribution in [3.8, 4) is 0 Å². The second kappa shape index (κ2) is 7.52. The highest BCUT2D eigenvalue weighted by Crippen LogP contribution is 1.95. The van der Waals surface area contributed by atoms with E-state index in [1.165, 1.54) is 12.5 Å². The van der Waals surface area contributed by atoms with E-state index in [0.717, 1.165) is 0 Å². The molecule has 0 aliphatic rings. The third kappa shape index (κ3) is 6.00. The number of urea groups is 1. The van der Waals surface area contributed by atoms with Crippen molar-refractivity contribution < 1.29 is 18.9 Å². The van der Waals surface area contributed by atoms with Gasteiger partial charge in [0.15, 0.2) is 5.69 Å². The minimum atomic E-state index is -1.09. The fraction of sp³-hybridized carbons (Fsp3) is 0.500. The van der Waals surface area contributed by atoms with E-state index in [-0.39, 0.29) is 11.7 Å². The van der Waals surface area contributed by atoms with Crippen LogP contribution in [0.4, 0.5) is 4.79 Å². The van der Waals surface area contributed by atoms with Gasteiger partial charge in [-0.3, -0.25) is 4.21 Å². The maximum atomic E-state index is 11.3. The van der Waals surface area contributed by atoms with Crippen LogP contribution in [0, 0.1) is 0 Å². The number of hydrogen-bond acceptors (Lipinski definition) is 4. The van der Waals surface area contributed by atoms with Crippen LogP contribution in [0.5, 0.6) is 0 Å². The molecule has 0 saturated carbocycles. The van der Waals surface area contributed by atoms with Crippen molar-refractivity contribution in [2.24, 2.45) is 0 Å². The number of carbonyl (C=O) groups excluding carboxylic acids is 1. The Hall–Kier alpha value is -1.90. The summed E-state index contributed by atoms with van der Waals surface area (Å²) in [7, 11) is -0.930. The quantitative estimate of drug-likeness (QED) is 0.611. The van der Waals surface area contributed by atoms with E-state index in [0.29, 0.717) is 25.4 Å². The highest BCUT2D eigenvalue weighted by Gasteiger charge is 2.06. The fourth-order valence-corrected chi connectivity index (χ4v) is 1.65. The summed E-state index contributed by atoms with van der Waals surface area (Å²) in [6, 6.07) is -0.343. The first-order chi connectivity index (χ1) is 8.99. The van der Waals surface area contributed by atoms with Gasteiger partial charge in [0.2, 0.25) is 0 Å². The number of rotatable bonds is 7. The number of hydrogen-bond donors (Lipinski definition) is 3. The van der Waals surface area contributed by atoms with Gasteiger partial charge in [-0.25, -0.2) is 14.6 Å². The average molecular weight is 288 g/mol. The van der Waals surface area contributed by atoms with E-state index in [1.54, 1.807) is 10.8 Å². The Morgan fingerprint density at radius 1 is 1.42 bits per heavy atom. The first kappa shape index (κ1) is 15.2. The smallest absolute Gasteiger partial charge is 0.356 e. The number of amides is 2. The van der Waals surface area contributed by atoms with Crippen molar-refractivity contribution >= 4 is 22.8 Å². The third-order valence-electron chi connectivity index (χ3n) is 2.18. The molecule has 0 bridgehead atoms. The average Bonchev–Trinajstić information content (AvgIpc) is 2.77. The van der Waals surface area contributed by atoms with Gasteiger partial charge in [0.1, 0.15) is 0 Å². The Morgan fingerprint density at radius 2 is 2.11 bits per heavy atom. The maximum Gasteiger partial charge on any atom is 0.356 e. The molecular formula is C10H16N4O4S. The van der Waals surface area contributed by atoms with E-state index in [9.17, 15) is 13.8 Å². The fourth-order valence-electron chi connectivity index (χ4n) is 1.26. The molecule has 1 unspecified atom stereocenters. The Kier molecular flexibility index (Phi) is 6.00. The molecule has 9 heteroatoms. The minimum Gasteiger partial charge on any atom is -0.476 e. The number of imidazole rings is 1. The summed E-state index contributed by atoms with van der Waals surface area (Å²) in [5.74, 6) is -0.672. The lowest BCUT2D eigenvalue weighted by molar-refractivity contribution is 0.0691. The normalized spacial score (nSPS) is 11.8. The van der Waals surface area contributed by atoms with Crippen LogP contribution in [0.1, 0.15) is 10.5 Å². The molecule has 106 valence electrons. The van der Waals surface area contributed by atoms with Crippen LogP contribution in [0.2, 0.25) is 0 Å². The topological polar surface area (TPSA) is 113 Å². The highest BCUT2D eigenvalue weighted by atomic mass is 32.2. The van der Waals surface area contributed by atoms with Gasteiger partial charge in [-0.1, -0.05) is 0 Å². The molecule has 0 aliphatic carbocycles. The van der Waals surface area contributed by atoms with Crippen molar-refractivity contribution in [1.82, 2.24) is 20.2 Å². The lowest BCUT2D eigenvalue weighted by atomic mass is 10.5. The maximum absolute atomic E-state index is 11.3. The SMILES string of the molecule is CS(=O)CCNC(=O)NCCn1cnc(C(=O)O)c1. The van der Waals surface area contributed by atoms with Crippen molar-refractivity contribution in [3.63, 3.8) is 0 Å². The minimum absolute atomic E-state index is 0.0325. The summed E-state index contributed by atoms with van der Waals surface area (Å²) in [4.78, 5) is 25.6. The number of carboxylic acid groups (broad SMARTS) is 1. The second-order valence-electron chi connectivity index (χ2n) is 3.76. The summed E-state index contributed by atoms with van der Waals surface area (Å²) in [6.45, 7) is 1.12. The molecule has 1 atom stereocenters. The zero-order valence-electron chi connectivity index (χ0n) is 10.5. The number of nitrogens with zero attached hydrogens (tertiary/aromatic N) is 2.